The van der Waals surface area contributed by atoms with Crippen molar-refractivity contribution in [3.63, 3.8) is 0 Å². The second kappa shape index (κ2) is 5.82. The first-order valence-corrected chi connectivity index (χ1v) is 8.75. The summed E-state index contributed by atoms with van der Waals surface area (Å²) in [4.78, 5) is 5.36. The van der Waals surface area contributed by atoms with Crippen LogP contribution in [0.4, 0.5) is 0 Å². The summed E-state index contributed by atoms with van der Waals surface area (Å²) >= 11 is 3.08. The zero-order valence-corrected chi connectivity index (χ0v) is 13.2. The SMILES string of the molecule is OCc1nnc(SCc2noc(-c3cccs3)n2)n1C1CC1. The third-order valence-electron chi connectivity index (χ3n) is 3.32. The van der Waals surface area contributed by atoms with E-state index in [9.17, 15) is 5.11 Å². The van der Waals surface area contributed by atoms with Gasteiger partial charge in [-0.15, -0.1) is 21.5 Å². The van der Waals surface area contributed by atoms with Crippen molar-refractivity contribution in [3.05, 3.63) is 29.2 Å². The van der Waals surface area contributed by atoms with E-state index >= 15 is 0 Å². The summed E-state index contributed by atoms with van der Waals surface area (Å²) in [6.45, 7) is -0.0885. The van der Waals surface area contributed by atoms with Crippen molar-refractivity contribution in [2.75, 3.05) is 0 Å². The van der Waals surface area contributed by atoms with Crippen LogP contribution in [0.3, 0.4) is 0 Å². The van der Waals surface area contributed by atoms with Crippen LogP contribution in [0.25, 0.3) is 10.8 Å². The molecule has 3 aromatic heterocycles. The molecule has 0 unspecified atom stereocenters. The first-order valence-electron chi connectivity index (χ1n) is 6.89. The number of aliphatic hydroxyl groups is 1. The van der Waals surface area contributed by atoms with Crippen LogP contribution in [-0.2, 0) is 12.4 Å². The number of aliphatic hydroxyl groups excluding tert-OH is 1. The Morgan fingerprint density at radius 3 is 3.05 bits per heavy atom. The van der Waals surface area contributed by atoms with Crippen LogP contribution in [0.15, 0.2) is 27.2 Å². The molecule has 0 saturated heterocycles. The van der Waals surface area contributed by atoms with Gasteiger partial charge in [-0.05, 0) is 24.3 Å². The Morgan fingerprint density at radius 2 is 2.32 bits per heavy atom. The van der Waals surface area contributed by atoms with Gasteiger partial charge in [-0.2, -0.15) is 4.98 Å². The highest BCUT2D eigenvalue weighted by Crippen LogP contribution is 2.39. The summed E-state index contributed by atoms with van der Waals surface area (Å²) in [5.74, 6) is 2.36. The molecule has 0 spiro atoms. The lowest BCUT2D eigenvalue weighted by Gasteiger charge is -2.05. The van der Waals surface area contributed by atoms with Crippen LogP contribution < -0.4 is 0 Å². The molecule has 9 heteroatoms. The minimum absolute atomic E-state index is 0.0885. The van der Waals surface area contributed by atoms with Crippen molar-refractivity contribution in [1.29, 1.82) is 0 Å². The largest absolute Gasteiger partial charge is 0.388 e. The molecular formula is C13H13N5O2S2. The molecule has 7 nitrogen and oxygen atoms in total. The number of aromatic nitrogens is 5. The Hall–Kier alpha value is -1.71. The van der Waals surface area contributed by atoms with E-state index in [0.717, 1.165) is 22.9 Å². The molecule has 4 rings (SSSR count). The molecule has 1 N–H and O–H groups in total. The summed E-state index contributed by atoms with van der Waals surface area (Å²) < 4.78 is 7.29. The number of thioether (sulfide) groups is 1. The zero-order chi connectivity index (χ0) is 14.9. The van der Waals surface area contributed by atoms with E-state index in [1.807, 2.05) is 22.1 Å². The van der Waals surface area contributed by atoms with Crippen LogP contribution in [0, 0.1) is 0 Å². The van der Waals surface area contributed by atoms with Crippen molar-refractivity contribution in [2.24, 2.45) is 0 Å². The van der Waals surface area contributed by atoms with Gasteiger partial charge in [0.15, 0.2) is 16.8 Å². The van der Waals surface area contributed by atoms with Gasteiger partial charge < -0.3 is 14.2 Å². The predicted octanol–water partition coefficient (Wildman–Crippen LogP) is 2.51. The molecule has 0 aromatic carbocycles. The van der Waals surface area contributed by atoms with Gasteiger partial charge in [0, 0.05) is 6.04 Å². The van der Waals surface area contributed by atoms with Gasteiger partial charge in [0.25, 0.3) is 5.89 Å². The van der Waals surface area contributed by atoms with Gasteiger partial charge in [-0.3, -0.25) is 0 Å². The lowest BCUT2D eigenvalue weighted by Crippen LogP contribution is -2.03. The Kier molecular flexibility index (Phi) is 3.68. The summed E-state index contributed by atoms with van der Waals surface area (Å²) in [6.07, 6.45) is 2.23. The Bertz CT molecular complexity index is 763. The van der Waals surface area contributed by atoms with Gasteiger partial charge in [0.2, 0.25) is 0 Å². The van der Waals surface area contributed by atoms with Crippen LogP contribution in [-0.4, -0.2) is 30.0 Å². The summed E-state index contributed by atoms with van der Waals surface area (Å²) in [7, 11) is 0. The lowest BCUT2D eigenvalue weighted by atomic mass is 10.5. The molecule has 22 heavy (non-hydrogen) atoms. The average molecular weight is 335 g/mol. The second-order valence-electron chi connectivity index (χ2n) is 4.94. The Labute approximate surface area is 134 Å². The van der Waals surface area contributed by atoms with Crippen molar-refractivity contribution >= 4 is 23.1 Å². The Balaban J connectivity index is 1.48. The van der Waals surface area contributed by atoms with Crippen LogP contribution >= 0.6 is 23.1 Å². The molecule has 0 amide bonds. The first kappa shape index (κ1) is 13.9. The molecule has 0 atom stereocenters. The number of hydrogen-bond donors (Lipinski definition) is 1. The monoisotopic (exact) mass is 335 g/mol. The van der Waals surface area contributed by atoms with Gasteiger partial charge in [0.05, 0.1) is 10.6 Å². The standard InChI is InChI=1S/C13H13N5O2S2/c19-6-11-15-16-13(18(11)8-3-4-8)22-7-10-14-12(20-17-10)9-2-1-5-21-9/h1-2,5,8,19H,3-4,6-7H2. The topological polar surface area (TPSA) is 89.9 Å². The summed E-state index contributed by atoms with van der Waals surface area (Å²) in [5.41, 5.74) is 0. The fourth-order valence-corrected chi connectivity index (χ4v) is 3.67. The highest BCUT2D eigenvalue weighted by atomic mass is 32.2. The van der Waals surface area contributed by atoms with E-state index in [1.54, 1.807) is 11.3 Å². The van der Waals surface area contributed by atoms with Crippen LogP contribution in [0.1, 0.15) is 30.5 Å². The minimum Gasteiger partial charge on any atom is -0.388 e. The lowest BCUT2D eigenvalue weighted by molar-refractivity contribution is 0.263. The molecular weight excluding hydrogens is 322 g/mol. The van der Waals surface area contributed by atoms with Crippen molar-refractivity contribution in [3.8, 4) is 10.8 Å². The average Bonchev–Trinajstić information content (AvgIpc) is 3.01. The number of hydrogen-bond acceptors (Lipinski definition) is 8. The van der Waals surface area contributed by atoms with E-state index < -0.39 is 0 Å². The molecule has 0 bridgehead atoms. The van der Waals surface area contributed by atoms with Crippen LogP contribution in [0.2, 0.25) is 0 Å². The fraction of sp³-hybridized carbons (Fsp3) is 0.385. The molecule has 1 aliphatic rings. The van der Waals surface area contributed by atoms with Gasteiger partial charge >= 0.3 is 0 Å². The second-order valence-corrected chi connectivity index (χ2v) is 6.83. The van der Waals surface area contributed by atoms with Crippen LogP contribution in [0.5, 0.6) is 0 Å². The molecule has 3 heterocycles. The van der Waals surface area contributed by atoms with Crippen molar-refractivity contribution < 1.29 is 9.63 Å². The smallest absolute Gasteiger partial charge is 0.268 e. The number of thiophene rings is 1. The molecule has 114 valence electrons. The third kappa shape index (κ3) is 2.67. The number of nitrogens with zero attached hydrogens (tertiary/aromatic N) is 5. The van der Waals surface area contributed by atoms with Gasteiger partial charge in [-0.25, -0.2) is 0 Å². The van der Waals surface area contributed by atoms with E-state index in [-0.39, 0.29) is 6.61 Å². The zero-order valence-electron chi connectivity index (χ0n) is 11.5. The molecule has 0 radical (unpaired) electrons. The Morgan fingerprint density at radius 1 is 1.41 bits per heavy atom. The van der Waals surface area contributed by atoms with E-state index in [2.05, 4.69) is 20.3 Å². The summed E-state index contributed by atoms with van der Waals surface area (Å²) in [5, 5.41) is 24.3. The predicted molar refractivity (Wildman–Crippen MR) is 81.4 cm³/mol. The van der Waals surface area contributed by atoms with Crippen molar-refractivity contribution in [2.45, 2.75) is 36.4 Å². The maximum Gasteiger partial charge on any atom is 0.268 e. The molecule has 0 aliphatic heterocycles. The maximum absolute atomic E-state index is 9.33. The summed E-state index contributed by atoms with van der Waals surface area (Å²) in [6, 6.07) is 4.33. The normalized spacial score (nSPS) is 14.6. The quantitative estimate of drug-likeness (QED) is 0.692. The van der Waals surface area contributed by atoms with E-state index in [1.165, 1.54) is 11.8 Å². The molecule has 3 aromatic rings. The van der Waals surface area contributed by atoms with E-state index in [0.29, 0.717) is 29.3 Å². The fourth-order valence-electron chi connectivity index (χ4n) is 2.16. The first-order chi connectivity index (χ1) is 10.8. The van der Waals surface area contributed by atoms with Gasteiger partial charge in [-0.1, -0.05) is 23.0 Å². The molecule has 1 fully saturated rings. The highest BCUT2D eigenvalue weighted by Gasteiger charge is 2.29. The highest BCUT2D eigenvalue weighted by molar-refractivity contribution is 7.98. The minimum atomic E-state index is -0.0885. The maximum atomic E-state index is 9.33. The van der Waals surface area contributed by atoms with Crippen molar-refractivity contribution in [1.82, 2.24) is 24.9 Å². The molecule has 1 aliphatic carbocycles. The molecule has 1 saturated carbocycles. The van der Waals surface area contributed by atoms with Gasteiger partial charge in [0.1, 0.15) is 6.61 Å². The van der Waals surface area contributed by atoms with E-state index in [4.69, 9.17) is 4.52 Å². The number of rotatable bonds is 6. The third-order valence-corrected chi connectivity index (χ3v) is 5.12.